The van der Waals surface area contributed by atoms with Crippen LogP contribution in [-0.4, -0.2) is 21.4 Å². The summed E-state index contributed by atoms with van der Waals surface area (Å²) in [5.74, 6) is 0.347. The van der Waals surface area contributed by atoms with Gasteiger partial charge in [0, 0.05) is 11.3 Å². The number of nitrogens with one attached hydrogen (secondary N) is 2. The predicted octanol–water partition coefficient (Wildman–Crippen LogP) is 4.30. The van der Waals surface area contributed by atoms with Gasteiger partial charge in [-0.25, -0.2) is 8.42 Å². The Morgan fingerprint density at radius 2 is 1.57 bits per heavy atom. The molecule has 7 heteroatoms. The zero-order chi connectivity index (χ0) is 21.7. The molecule has 1 atom stereocenters. The van der Waals surface area contributed by atoms with Crippen LogP contribution in [0.4, 0.5) is 5.69 Å². The Hall–Kier alpha value is -3.32. The van der Waals surface area contributed by atoms with Gasteiger partial charge in [-0.2, -0.15) is 0 Å². The molecule has 0 aromatic heterocycles. The molecule has 6 nitrogen and oxygen atoms in total. The fraction of sp³-hybridized carbons (Fsp3) is 0.174. The smallest absolute Gasteiger partial charge is 0.261 e. The van der Waals surface area contributed by atoms with Gasteiger partial charge in [-0.15, -0.1) is 0 Å². The summed E-state index contributed by atoms with van der Waals surface area (Å²) in [5.41, 5.74) is 2.97. The van der Waals surface area contributed by atoms with Crippen LogP contribution in [0.3, 0.4) is 0 Å². The highest BCUT2D eigenvalue weighted by Gasteiger charge is 2.16. The van der Waals surface area contributed by atoms with Gasteiger partial charge >= 0.3 is 0 Å². The molecule has 3 aromatic rings. The molecule has 3 rings (SSSR count). The van der Waals surface area contributed by atoms with Gasteiger partial charge in [-0.1, -0.05) is 24.3 Å². The predicted molar refractivity (Wildman–Crippen MR) is 117 cm³/mol. The summed E-state index contributed by atoms with van der Waals surface area (Å²) in [6, 6.07) is 20.1. The number of rotatable bonds is 7. The lowest BCUT2D eigenvalue weighted by molar-refractivity contribution is 0.0940. The standard InChI is InChI=1S/C23H24N2O4S/c1-16-6-4-5-7-22(16)17(2)24-23(26)18-8-10-19(11-9-18)25-30(27,28)21-14-12-20(29-3)13-15-21/h4-15,17,25H,1-3H3,(H,24,26)/t17-/m0/s1. The lowest BCUT2D eigenvalue weighted by Gasteiger charge is -2.17. The normalized spacial score (nSPS) is 12.1. The molecule has 0 radical (unpaired) electrons. The largest absolute Gasteiger partial charge is 0.497 e. The van der Waals surface area contributed by atoms with Crippen LogP contribution in [-0.2, 0) is 10.0 Å². The number of carbonyl (C=O) groups is 1. The highest BCUT2D eigenvalue weighted by atomic mass is 32.2. The second-order valence-corrected chi connectivity index (χ2v) is 8.59. The number of anilines is 1. The molecule has 0 spiro atoms. The lowest BCUT2D eigenvalue weighted by Crippen LogP contribution is -2.27. The Balaban J connectivity index is 1.68. The quantitative estimate of drug-likeness (QED) is 0.592. The van der Waals surface area contributed by atoms with Crippen molar-refractivity contribution < 1.29 is 17.9 Å². The molecule has 2 N–H and O–H groups in total. The first kappa shape index (κ1) is 21.4. The maximum Gasteiger partial charge on any atom is 0.261 e. The van der Waals surface area contributed by atoms with Crippen LogP contribution in [0, 0.1) is 6.92 Å². The van der Waals surface area contributed by atoms with E-state index in [2.05, 4.69) is 10.0 Å². The summed E-state index contributed by atoms with van der Waals surface area (Å²) in [4.78, 5) is 12.7. The van der Waals surface area contributed by atoms with Gasteiger partial charge in [-0.05, 0) is 73.5 Å². The average molecular weight is 425 g/mol. The number of hydrogen-bond acceptors (Lipinski definition) is 4. The van der Waals surface area contributed by atoms with E-state index >= 15 is 0 Å². The molecule has 0 saturated heterocycles. The van der Waals surface area contributed by atoms with Gasteiger partial charge in [0.15, 0.2) is 0 Å². The average Bonchev–Trinajstić information content (AvgIpc) is 2.74. The fourth-order valence-electron chi connectivity index (χ4n) is 3.09. The summed E-state index contributed by atoms with van der Waals surface area (Å²) in [5, 5.41) is 2.97. The molecule has 1 amide bonds. The van der Waals surface area contributed by atoms with E-state index in [4.69, 9.17) is 4.74 Å². The van der Waals surface area contributed by atoms with Crippen molar-refractivity contribution in [3.8, 4) is 5.75 Å². The van der Waals surface area contributed by atoms with Gasteiger partial charge in [0.05, 0.1) is 18.0 Å². The first-order valence-corrected chi connectivity index (χ1v) is 10.9. The van der Waals surface area contributed by atoms with Crippen molar-refractivity contribution in [2.45, 2.75) is 24.8 Å². The zero-order valence-electron chi connectivity index (χ0n) is 17.0. The number of hydrogen-bond donors (Lipinski definition) is 2. The topological polar surface area (TPSA) is 84.5 Å². The Labute approximate surface area is 177 Å². The van der Waals surface area contributed by atoms with E-state index in [1.54, 1.807) is 36.4 Å². The maximum absolute atomic E-state index is 12.6. The highest BCUT2D eigenvalue weighted by Crippen LogP contribution is 2.20. The molecule has 0 aliphatic rings. The SMILES string of the molecule is COc1ccc(S(=O)(=O)Nc2ccc(C(=O)N[C@@H](C)c3ccccc3C)cc2)cc1. The number of ether oxygens (including phenoxy) is 1. The number of sulfonamides is 1. The van der Waals surface area contributed by atoms with Crippen molar-refractivity contribution in [1.82, 2.24) is 5.32 Å². The first-order chi connectivity index (χ1) is 14.3. The van der Waals surface area contributed by atoms with Crippen molar-refractivity contribution in [3.05, 3.63) is 89.5 Å². The van der Waals surface area contributed by atoms with Crippen molar-refractivity contribution in [3.63, 3.8) is 0 Å². The Bertz CT molecular complexity index is 1120. The molecule has 0 unspecified atom stereocenters. The minimum Gasteiger partial charge on any atom is -0.497 e. The molecule has 0 aliphatic heterocycles. The molecule has 0 fully saturated rings. The lowest BCUT2D eigenvalue weighted by atomic mass is 10.0. The van der Waals surface area contributed by atoms with Crippen molar-refractivity contribution >= 4 is 21.6 Å². The molecule has 156 valence electrons. The zero-order valence-corrected chi connectivity index (χ0v) is 17.9. The van der Waals surface area contributed by atoms with Crippen LogP contribution in [0.15, 0.2) is 77.7 Å². The Kier molecular flexibility index (Phi) is 6.42. The fourth-order valence-corrected chi connectivity index (χ4v) is 4.15. The molecule has 30 heavy (non-hydrogen) atoms. The van der Waals surface area contributed by atoms with Gasteiger partial charge in [0.1, 0.15) is 5.75 Å². The van der Waals surface area contributed by atoms with Gasteiger partial charge in [-0.3, -0.25) is 9.52 Å². The third kappa shape index (κ3) is 4.99. The third-order valence-corrected chi connectivity index (χ3v) is 6.17. The van der Waals surface area contributed by atoms with Crippen LogP contribution in [0.5, 0.6) is 5.75 Å². The van der Waals surface area contributed by atoms with E-state index in [-0.39, 0.29) is 16.8 Å². The second kappa shape index (κ2) is 9.00. The van der Waals surface area contributed by atoms with Crippen LogP contribution in [0.25, 0.3) is 0 Å². The van der Waals surface area contributed by atoms with Gasteiger partial charge in [0.25, 0.3) is 15.9 Å². The molecule has 0 saturated carbocycles. The third-order valence-electron chi connectivity index (χ3n) is 4.77. The molecular formula is C23H24N2O4S. The van der Waals surface area contributed by atoms with Gasteiger partial charge in [0.2, 0.25) is 0 Å². The number of benzene rings is 3. The van der Waals surface area contributed by atoms with Crippen LogP contribution < -0.4 is 14.8 Å². The van der Waals surface area contributed by atoms with E-state index in [1.807, 2.05) is 38.1 Å². The van der Waals surface area contributed by atoms with E-state index in [0.29, 0.717) is 17.0 Å². The minimum absolute atomic E-state index is 0.122. The summed E-state index contributed by atoms with van der Waals surface area (Å²) in [6.45, 7) is 3.93. The van der Waals surface area contributed by atoms with Gasteiger partial charge < -0.3 is 10.1 Å². The van der Waals surface area contributed by atoms with E-state index in [0.717, 1.165) is 11.1 Å². The maximum atomic E-state index is 12.6. The number of carbonyl (C=O) groups excluding carboxylic acids is 1. The van der Waals surface area contributed by atoms with E-state index in [1.165, 1.54) is 19.2 Å². The first-order valence-electron chi connectivity index (χ1n) is 9.43. The minimum atomic E-state index is -3.74. The summed E-state index contributed by atoms with van der Waals surface area (Å²) >= 11 is 0. The highest BCUT2D eigenvalue weighted by molar-refractivity contribution is 7.92. The number of amides is 1. The monoisotopic (exact) mass is 424 g/mol. The second-order valence-electron chi connectivity index (χ2n) is 6.91. The molecule has 3 aromatic carbocycles. The van der Waals surface area contributed by atoms with Crippen LogP contribution in [0.2, 0.25) is 0 Å². The number of aryl methyl sites for hydroxylation is 1. The molecular weight excluding hydrogens is 400 g/mol. The Morgan fingerprint density at radius 3 is 2.17 bits per heavy atom. The molecule has 0 bridgehead atoms. The van der Waals surface area contributed by atoms with E-state index in [9.17, 15) is 13.2 Å². The summed E-state index contributed by atoms with van der Waals surface area (Å²) < 4.78 is 32.6. The van der Waals surface area contributed by atoms with E-state index < -0.39 is 10.0 Å². The summed E-state index contributed by atoms with van der Waals surface area (Å²) in [7, 11) is -2.22. The van der Waals surface area contributed by atoms with Crippen LogP contribution in [0.1, 0.15) is 34.5 Å². The molecule has 0 heterocycles. The van der Waals surface area contributed by atoms with Crippen molar-refractivity contribution in [2.75, 3.05) is 11.8 Å². The number of methoxy groups -OCH3 is 1. The molecule has 0 aliphatic carbocycles. The van der Waals surface area contributed by atoms with Crippen molar-refractivity contribution in [2.24, 2.45) is 0 Å². The Morgan fingerprint density at radius 1 is 0.933 bits per heavy atom. The van der Waals surface area contributed by atoms with Crippen LogP contribution >= 0.6 is 0 Å². The van der Waals surface area contributed by atoms with Crippen molar-refractivity contribution in [1.29, 1.82) is 0 Å². The summed E-state index contributed by atoms with van der Waals surface area (Å²) in [6.07, 6.45) is 0.